The van der Waals surface area contributed by atoms with Gasteiger partial charge in [-0.1, -0.05) is 0 Å². The number of thioether (sulfide) groups is 1. The Morgan fingerprint density at radius 2 is 2.35 bits per heavy atom. The van der Waals surface area contributed by atoms with Gasteiger partial charge in [-0.3, -0.25) is 4.79 Å². The molecule has 0 radical (unpaired) electrons. The summed E-state index contributed by atoms with van der Waals surface area (Å²) in [7, 11) is 0. The van der Waals surface area contributed by atoms with Crippen LogP contribution in [0, 0.1) is 6.92 Å². The molecule has 0 aromatic carbocycles. The monoisotopic (exact) mass is 255 g/mol. The van der Waals surface area contributed by atoms with Crippen LogP contribution in [0.15, 0.2) is 12.1 Å². The summed E-state index contributed by atoms with van der Waals surface area (Å²) in [5.74, 6) is 0.602. The van der Waals surface area contributed by atoms with Gasteiger partial charge in [-0.2, -0.15) is 11.8 Å². The van der Waals surface area contributed by atoms with E-state index >= 15 is 0 Å². The number of aryl methyl sites for hydroxylation is 1. The van der Waals surface area contributed by atoms with Crippen LogP contribution in [0.1, 0.15) is 12.1 Å². The largest absolute Gasteiger partial charge is 0.504 e. The van der Waals surface area contributed by atoms with Gasteiger partial charge in [0.05, 0.1) is 6.04 Å². The van der Waals surface area contributed by atoms with Gasteiger partial charge in [0.25, 0.3) is 0 Å². The molecule has 6 heteroatoms. The van der Waals surface area contributed by atoms with Crippen LogP contribution in [0.25, 0.3) is 0 Å². The van der Waals surface area contributed by atoms with Crippen LogP contribution < -0.4 is 11.1 Å². The van der Waals surface area contributed by atoms with E-state index in [1.54, 1.807) is 24.8 Å². The Labute approximate surface area is 105 Å². The summed E-state index contributed by atoms with van der Waals surface area (Å²) in [5.41, 5.74) is 6.42. The molecule has 0 bridgehead atoms. The molecule has 4 N–H and O–H groups in total. The fraction of sp³-hybridized carbons (Fsp3) is 0.455. The van der Waals surface area contributed by atoms with Gasteiger partial charge in [0.15, 0.2) is 11.6 Å². The number of nitrogens with two attached hydrogens (primary N) is 1. The van der Waals surface area contributed by atoms with Crippen molar-refractivity contribution in [3.63, 3.8) is 0 Å². The second-order valence-electron chi connectivity index (χ2n) is 3.70. The highest BCUT2D eigenvalue weighted by atomic mass is 32.2. The summed E-state index contributed by atoms with van der Waals surface area (Å²) in [4.78, 5) is 15.7. The van der Waals surface area contributed by atoms with Gasteiger partial charge in [0.2, 0.25) is 5.91 Å². The maximum atomic E-state index is 11.7. The highest BCUT2D eigenvalue weighted by molar-refractivity contribution is 7.98. The third-order valence-corrected chi connectivity index (χ3v) is 2.87. The average molecular weight is 255 g/mol. The molecule has 0 aliphatic carbocycles. The quantitative estimate of drug-likeness (QED) is 0.733. The van der Waals surface area contributed by atoms with E-state index < -0.39 is 6.04 Å². The van der Waals surface area contributed by atoms with E-state index in [9.17, 15) is 9.90 Å². The molecule has 0 saturated carbocycles. The summed E-state index contributed by atoms with van der Waals surface area (Å²) >= 11 is 1.63. The maximum Gasteiger partial charge on any atom is 0.242 e. The Kier molecular flexibility index (Phi) is 5.24. The number of rotatable bonds is 5. The van der Waals surface area contributed by atoms with E-state index in [1.807, 2.05) is 6.26 Å². The number of anilines is 1. The lowest BCUT2D eigenvalue weighted by Crippen LogP contribution is -2.36. The molecule has 0 unspecified atom stereocenters. The smallest absolute Gasteiger partial charge is 0.242 e. The van der Waals surface area contributed by atoms with Gasteiger partial charge in [-0.25, -0.2) is 4.98 Å². The number of nitrogens with one attached hydrogen (secondary N) is 1. The molecule has 0 spiro atoms. The fourth-order valence-electron chi connectivity index (χ4n) is 1.23. The molecule has 1 rings (SSSR count). The zero-order chi connectivity index (χ0) is 12.8. The Morgan fingerprint density at radius 1 is 1.65 bits per heavy atom. The van der Waals surface area contributed by atoms with Crippen LogP contribution in [0.3, 0.4) is 0 Å². The predicted molar refractivity (Wildman–Crippen MR) is 70.2 cm³/mol. The maximum absolute atomic E-state index is 11.7. The van der Waals surface area contributed by atoms with Crippen molar-refractivity contribution in [2.24, 2.45) is 5.73 Å². The average Bonchev–Trinajstić information content (AvgIpc) is 2.30. The first kappa shape index (κ1) is 13.8. The van der Waals surface area contributed by atoms with Crippen LogP contribution in [-0.4, -0.2) is 34.0 Å². The summed E-state index contributed by atoms with van der Waals surface area (Å²) in [6.07, 6.45) is 2.55. The SMILES string of the molecule is CSCC[C@@H](N)C(=O)Nc1nc(C)ccc1O. The van der Waals surface area contributed by atoms with Gasteiger partial charge in [0, 0.05) is 5.69 Å². The molecule has 5 nitrogen and oxygen atoms in total. The molecule has 94 valence electrons. The molecular weight excluding hydrogens is 238 g/mol. The first-order valence-corrected chi connectivity index (χ1v) is 6.66. The zero-order valence-corrected chi connectivity index (χ0v) is 10.8. The minimum absolute atomic E-state index is 0.0546. The Morgan fingerprint density at radius 3 is 3.00 bits per heavy atom. The van der Waals surface area contributed by atoms with Crippen molar-refractivity contribution in [3.05, 3.63) is 17.8 Å². The molecule has 1 heterocycles. The van der Waals surface area contributed by atoms with Crippen LogP contribution in [0.2, 0.25) is 0 Å². The van der Waals surface area contributed by atoms with Crippen LogP contribution >= 0.6 is 11.8 Å². The molecule has 1 atom stereocenters. The second kappa shape index (κ2) is 6.46. The molecule has 1 aromatic heterocycles. The third kappa shape index (κ3) is 4.24. The lowest BCUT2D eigenvalue weighted by atomic mass is 10.2. The van der Waals surface area contributed by atoms with Crippen molar-refractivity contribution in [2.45, 2.75) is 19.4 Å². The van der Waals surface area contributed by atoms with Gasteiger partial charge >= 0.3 is 0 Å². The Hall–Kier alpha value is -1.27. The van der Waals surface area contributed by atoms with Gasteiger partial charge in [-0.05, 0) is 37.5 Å². The van der Waals surface area contributed by atoms with E-state index in [0.717, 1.165) is 11.4 Å². The number of carbonyl (C=O) groups is 1. The van der Waals surface area contributed by atoms with Crippen molar-refractivity contribution in [3.8, 4) is 5.75 Å². The number of nitrogens with zero attached hydrogens (tertiary/aromatic N) is 1. The summed E-state index contributed by atoms with van der Waals surface area (Å²) in [6.45, 7) is 1.78. The highest BCUT2D eigenvalue weighted by Crippen LogP contribution is 2.20. The Balaban J connectivity index is 2.64. The molecule has 0 aliphatic rings. The van der Waals surface area contributed by atoms with Crippen molar-refractivity contribution in [1.29, 1.82) is 0 Å². The topological polar surface area (TPSA) is 88.2 Å². The molecule has 1 amide bonds. The van der Waals surface area contributed by atoms with Crippen LogP contribution in [-0.2, 0) is 4.79 Å². The van der Waals surface area contributed by atoms with Crippen LogP contribution in [0.5, 0.6) is 5.75 Å². The molecule has 0 aliphatic heterocycles. The minimum atomic E-state index is -0.579. The molecule has 0 saturated heterocycles. The predicted octanol–water partition coefficient (Wildman–Crippen LogP) is 1.11. The van der Waals surface area contributed by atoms with E-state index in [1.165, 1.54) is 6.07 Å². The van der Waals surface area contributed by atoms with Gasteiger partial charge in [0.1, 0.15) is 0 Å². The number of carbonyl (C=O) groups excluding carboxylic acids is 1. The summed E-state index contributed by atoms with van der Waals surface area (Å²) < 4.78 is 0. The van der Waals surface area contributed by atoms with Crippen molar-refractivity contribution < 1.29 is 9.90 Å². The van der Waals surface area contributed by atoms with Crippen molar-refractivity contribution >= 4 is 23.5 Å². The molecule has 17 heavy (non-hydrogen) atoms. The van der Waals surface area contributed by atoms with E-state index in [4.69, 9.17) is 5.73 Å². The molecule has 1 aromatic rings. The molecular formula is C11H17N3O2S. The minimum Gasteiger partial charge on any atom is -0.504 e. The standard InChI is InChI=1S/C11H17N3O2S/c1-7-3-4-9(15)10(13-7)14-11(16)8(12)5-6-17-2/h3-4,8,15H,5-6,12H2,1-2H3,(H,13,14,16)/t8-/m1/s1. The van der Waals surface area contributed by atoms with Crippen molar-refractivity contribution in [1.82, 2.24) is 4.98 Å². The normalized spacial score (nSPS) is 12.2. The number of amides is 1. The first-order valence-electron chi connectivity index (χ1n) is 5.26. The summed E-state index contributed by atoms with van der Waals surface area (Å²) in [5, 5.41) is 12.0. The lowest BCUT2D eigenvalue weighted by molar-refractivity contribution is -0.117. The second-order valence-corrected chi connectivity index (χ2v) is 4.68. The third-order valence-electron chi connectivity index (χ3n) is 2.22. The lowest BCUT2D eigenvalue weighted by Gasteiger charge is -2.12. The van der Waals surface area contributed by atoms with Gasteiger partial charge in [-0.15, -0.1) is 0 Å². The van der Waals surface area contributed by atoms with E-state index in [-0.39, 0.29) is 17.5 Å². The zero-order valence-electron chi connectivity index (χ0n) is 9.93. The number of pyridine rings is 1. The summed E-state index contributed by atoms with van der Waals surface area (Å²) in [6, 6.07) is 2.58. The number of hydrogen-bond acceptors (Lipinski definition) is 5. The molecule has 0 fully saturated rings. The number of aromatic hydroxyl groups is 1. The number of aromatic nitrogens is 1. The van der Waals surface area contributed by atoms with E-state index in [2.05, 4.69) is 10.3 Å². The Bertz CT molecular complexity index is 398. The van der Waals surface area contributed by atoms with E-state index in [0.29, 0.717) is 6.42 Å². The van der Waals surface area contributed by atoms with Crippen LogP contribution in [0.4, 0.5) is 5.82 Å². The van der Waals surface area contributed by atoms with Gasteiger partial charge < -0.3 is 16.2 Å². The fourth-order valence-corrected chi connectivity index (χ4v) is 1.72. The highest BCUT2D eigenvalue weighted by Gasteiger charge is 2.15. The first-order chi connectivity index (χ1) is 8.04. The number of hydrogen-bond donors (Lipinski definition) is 3. The van der Waals surface area contributed by atoms with Crippen molar-refractivity contribution in [2.75, 3.05) is 17.3 Å².